The molecule has 0 aromatic heterocycles. The Morgan fingerprint density at radius 2 is 2.05 bits per heavy atom. The Kier molecular flexibility index (Phi) is 3.74. The van der Waals surface area contributed by atoms with Crippen LogP contribution in [0.15, 0.2) is 24.3 Å². The van der Waals surface area contributed by atoms with Gasteiger partial charge < -0.3 is 10.6 Å². The van der Waals surface area contributed by atoms with Crippen LogP contribution in [0, 0.1) is 0 Å². The summed E-state index contributed by atoms with van der Waals surface area (Å²) in [4.78, 5) is 5.10. The molecule has 2 aliphatic heterocycles. The summed E-state index contributed by atoms with van der Waals surface area (Å²) in [5.41, 5.74) is 9.09. The summed E-state index contributed by atoms with van der Waals surface area (Å²) in [6.45, 7) is 5.42. The average Bonchev–Trinajstić information content (AvgIpc) is 3.09. The van der Waals surface area contributed by atoms with E-state index in [9.17, 15) is 0 Å². The average molecular weight is 273 g/mol. The highest BCUT2D eigenvalue weighted by Gasteiger charge is 2.50. The largest absolute Gasteiger partial charge is 0.366 e. The van der Waals surface area contributed by atoms with Crippen LogP contribution in [0.1, 0.15) is 31.7 Å². The minimum absolute atomic E-state index is 0.129. The Hall–Kier alpha value is -1.06. The molecule has 2 fully saturated rings. The molecule has 3 rings (SSSR count). The third kappa shape index (κ3) is 2.04. The predicted molar refractivity (Wildman–Crippen MR) is 85.2 cm³/mol. The number of nitrogens with two attached hydrogens (primary N) is 1. The van der Waals surface area contributed by atoms with Gasteiger partial charge in [0.15, 0.2) is 0 Å². The molecule has 0 aliphatic carbocycles. The van der Waals surface area contributed by atoms with Crippen LogP contribution in [0.5, 0.6) is 0 Å². The summed E-state index contributed by atoms with van der Waals surface area (Å²) in [6.07, 6.45) is 4.92. The van der Waals surface area contributed by atoms with E-state index >= 15 is 0 Å². The maximum Gasteiger partial charge on any atom is 0.0687 e. The number of rotatable bonds is 4. The molecular weight excluding hydrogens is 246 g/mol. The zero-order valence-electron chi connectivity index (χ0n) is 12.8. The van der Waals surface area contributed by atoms with E-state index in [1.807, 2.05) is 0 Å². The van der Waals surface area contributed by atoms with Crippen molar-refractivity contribution in [2.75, 3.05) is 31.6 Å². The van der Waals surface area contributed by atoms with Crippen LogP contribution in [-0.2, 0) is 6.42 Å². The molecule has 0 spiro atoms. The summed E-state index contributed by atoms with van der Waals surface area (Å²) in [5.74, 6) is 0. The van der Waals surface area contributed by atoms with Crippen molar-refractivity contribution in [1.82, 2.24) is 4.90 Å². The van der Waals surface area contributed by atoms with Gasteiger partial charge in [0.1, 0.15) is 0 Å². The van der Waals surface area contributed by atoms with Gasteiger partial charge >= 0.3 is 0 Å². The van der Waals surface area contributed by atoms with Crippen LogP contribution in [0.3, 0.4) is 0 Å². The van der Waals surface area contributed by atoms with Crippen LogP contribution >= 0.6 is 0 Å². The van der Waals surface area contributed by atoms with Crippen molar-refractivity contribution < 1.29 is 0 Å². The van der Waals surface area contributed by atoms with Crippen molar-refractivity contribution in [3.05, 3.63) is 29.8 Å². The van der Waals surface area contributed by atoms with Gasteiger partial charge in [-0.25, -0.2) is 0 Å². The highest BCUT2D eigenvalue weighted by atomic mass is 15.3. The standard InChI is InChI=1S/C17H27N3/c1-3-14-6-8-15(9-7-14)19(2)17(13-18)10-12-20-11-4-5-16(17)20/h6-9,16H,3-5,10-13,18H2,1-2H3. The minimum atomic E-state index is 0.129. The molecule has 3 nitrogen and oxygen atoms in total. The monoisotopic (exact) mass is 273 g/mol. The molecule has 0 radical (unpaired) electrons. The molecule has 2 unspecified atom stereocenters. The van der Waals surface area contributed by atoms with Gasteiger partial charge in [0.2, 0.25) is 0 Å². The van der Waals surface area contributed by atoms with Crippen LogP contribution in [0.4, 0.5) is 5.69 Å². The molecule has 20 heavy (non-hydrogen) atoms. The fraction of sp³-hybridized carbons (Fsp3) is 0.647. The summed E-state index contributed by atoms with van der Waals surface area (Å²) < 4.78 is 0. The number of likely N-dealkylation sites (N-methyl/N-ethyl adjacent to an activating group) is 1. The van der Waals surface area contributed by atoms with Crippen molar-refractivity contribution >= 4 is 5.69 Å². The van der Waals surface area contributed by atoms with E-state index in [0.717, 1.165) is 13.0 Å². The SMILES string of the molecule is CCc1ccc(N(C)C2(CN)CCN3CCCC32)cc1. The second kappa shape index (κ2) is 5.38. The lowest BCUT2D eigenvalue weighted by Crippen LogP contribution is -2.58. The molecule has 0 amide bonds. The third-order valence-corrected chi connectivity index (χ3v) is 5.57. The van der Waals surface area contributed by atoms with Gasteiger partial charge in [-0.15, -0.1) is 0 Å². The first kappa shape index (κ1) is 13.9. The molecule has 2 N–H and O–H groups in total. The van der Waals surface area contributed by atoms with Crippen molar-refractivity contribution in [1.29, 1.82) is 0 Å². The lowest BCUT2D eigenvalue weighted by Gasteiger charge is -2.44. The lowest BCUT2D eigenvalue weighted by atomic mass is 9.86. The van der Waals surface area contributed by atoms with Crippen molar-refractivity contribution in [3.8, 4) is 0 Å². The molecule has 1 aromatic rings. The topological polar surface area (TPSA) is 32.5 Å². The Morgan fingerprint density at radius 1 is 1.30 bits per heavy atom. The zero-order chi connectivity index (χ0) is 14.2. The van der Waals surface area contributed by atoms with Gasteiger partial charge in [-0.2, -0.15) is 0 Å². The molecule has 2 saturated heterocycles. The molecule has 0 bridgehead atoms. The first-order valence-electron chi connectivity index (χ1n) is 7.98. The molecule has 2 aliphatic rings. The number of hydrogen-bond acceptors (Lipinski definition) is 3. The quantitative estimate of drug-likeness (QED) is 0.913. The van der Waals surface area contributed by atoms with Gasteiger partial charge in [-0.05, 0) is 49.9 Å². The van der Waals surface area contributed by atoms with Crippen LogP contribution in [0.25, 0.3) is 0 Å². The first-order chi connectivity index (χ1) is 9.71. The van der Waals surface area contributed by atoms with E-state index < -0.39 is 0 Å². The molecule has 2 atom stereocenters. The van der Waals surface area contributed by atoms with Gasteiger partial charge in [-0.1, -0.05) is 19.1 Å². The minimum Gasteiger partial charge on any atom is -0.366 e. The Morgan fingerprint density at radius 3 is 2.70 bits per heavy atom. The van der Waals surface area contributed by atoms with E-state index in [1.54, 1.807) is 0 Å². The third-order valence-electron chi connectivity index (χ3n) is 5.57. The number of benzene rings is 1. The fourth-order valence-electron chi connectivity index (χ4n) is 4.18. The second-order valence-corrected chi connectivity index (χ2v) is 6.33. The smallest absolute Gasteiger partial charge is 0.0687 e. The number of nitrogens with zero attached hydrogens (tertiary/aromatic N) is 2. The Bertz CT molecular complexity index is 456. The van der Waals surface area contributed by atoms with Gasteiger partial charge in [0.25, 0.3) is 0 Å². The molecule has 1 aromatic carbocycles. The molecule has 2 heterocycles. The Balaban J connectivity index is 1.88. The van der Waals surface area contributed by atoms with Gasteiger partial charge in [0.05, 0.1) is 5.54 Å². The predicted octanol–water partition coefficient (Wildman–Crippen LogP) is 2.25. The molecule has 3 heteroatoms. The van der Waals surface area contributed by atoms with Crippen molar-refractivity contribution in [2.45, 2.75) is 44.2 Å². The highest BCUT2D eigenvalue weighted by Crippen LogP contribution is 2.40. The molecule has 110 valence electrons. The van der Waals surface area contributed by atoms with Gasteiger partial charge in [-0.3, -0.25) is 4.90 Å². The molecular formula is C17H27N3. The van der Waals surface area contributed by atoms with Crippen molar-refractivity contribution in [2.24, 2.45) is 5.73 Å². The Labute approximate surface area is 122 Å². The second-order valence-electron chi connectivity index (χ2n) is 6.33. The summed E-state index contributed by atoms with van der Waals surface area (Å²) in [7, 11) is 2.23. The summed E-state index contributed by atoms with van der Waals surface area (Å²) >= 11 is 0. The van der Waals surface area contributed by atoms with Crippen LogP contribution in [-0.4, -0.2) is 43.2 Å². The van der Waals surface area contributed by atoms with E-state index in [1.165, 1.54) is 43.6 Å². The van der Waals surface area contributed by atoms with Crippen molar-refractivity contribution in [3.63, 3.8) is 0 Å². The zero-order valence-corrected chi connectivity index (χ0v) is 12.8. The maximum absolute atomic E-state index is 6.25. The van der Waals surface area contributed by atoms with Crippen LogP contribution < -0.4 is 10.6 Å². The van der Waals surface area contributed by atoms with E-state index in [2.05, 4.69) is 48.0 Å². The lowest BCUT2D eigenvalue weighted by molar-refractivity contribution is 0.262. The summed E-state index contributed by atoms with van der Waals surface area (Å²) in [5, 5.41) is 0. The number of anilines is 1. The van der Waals surface area contributed by atoms with E-state index in [4.69, 9.17) is 5.73 Å². The number of aryl methyl sites for hydroxylation is 1. The van der Waals surface area contributed by atoms with Gasteiger partial charge in [0, 0.05) is 31.9 Å². The van der Waals surface area contributed by atoms with E-state index in [-0.39, 0.29) is 5.54 Å². The highest BCUT2D eigenvalue weighted by molar-refractivity contribution is 5.51. The fourth-order valence-corrected chi connectivity index (χ4v) is 4.18. The van der Waals surface area contributed by atoms with Crippen LogP contribution in [0.2, 0.25) is 0 Å². The maximum atomic E-state index is 6.25. The first-order valence-corrected chi connectivity index (χ1v) is 7.98. The number of fused-ring (bicyclic) bond motifs is 1. The number of hydrogen-bond donors (Lipinski definition) is 1. The summed E-state index contributed by atoms with van der Waals surface area (Å²) in [6, 6.07) is 9.65. The molecule has 0 saturated carbocycles. The normalized spacial score (nSPS) is 29.6. The van der Waals surface area contributed by atoms with E-state index in [0.29, 0.717) is 6.04 Å².